The molecule has 0 saturated heterocycles. The van der Waals surface area contributed by atoms with E-state index in [9.17, 15) is 9.59 Å². The first kappa shape index (κ1) is 28.1. The molecule has 1 aromatic rings. The number of carbonyl (C=O) groups is 2. The zero-order chi connectivity index (χ0) is 25.3. The summed E-state index contributed by atoms with van der Waals surface area (Å²) < 4.78 is 21.7. The molecule has 3 N–H and O–H groups in total. The molecule has 1 aliphatic rings. The Morgan fingerprint density at radius 3 is 2.44 bits per heavy atom. The Hall–Kier alpha value is -2.10. The minimum atomic E-state index is -0.869. The fourth-order valence-electron chi connectivity index (χ4n) is 3.48. The van der Waals surface area contributed by atoms with Crippen molar-refractivity contribution in [3.05, 3.63) is 56.3 Å². The van der Waals surface area contributed by atoms with E-state index in [0.717, 1.165) is 0 Å². The van der Waals surface area contributed by atoms with E-state index in [0.29, 0.717) is 41.7 Å². The smallest absolute Gasteiger partial charge is 0.336 e. The van der Waals surface area contributed by atoms with Crippen molar-refractivity contribution in [2.75, 3.05) is 46.7 Å². The minimum absolute atomic E-state index is 0.0541. The van der Waals surface area contributed by atoms with Gasteiger partial charge in [-0.15, -0.1) is 0 Å². The van der Waals surface area contributed by atoms with Gasteiger partial charge in [-0.05, 0) is 24.5 Å². The first-order chi connectivity index (χ1) is 16.2. The molecule has 0 aromatic heterocycles. The van der Waals surface area contributed by atoms with Gasteiger partial charge >= 0.3 is 11.9 Å². The number of allylic oxidation sites excluding steroid dienone is 1. The number of dihydropyridines is 1. The molecular formula is C24H32Cl2N2O6. The monoisotopic (exact) mass is 514 g/mol. The van der Waals surface area contributed by atoms with Crippen molar-refractivity contribution >= 4 is 35.1 Å². The summed E-state index contributed by atoms with van der Waals surface area (Å²) in [5.41, 5.74) is 7.31. The molecule has 0 amide bonds. The maximum atomic E-state index is 13.4. The highest BCUT2D eigenvalue weighted by Crippen LogP contribution is 2.43. The number of nitrogens with two attached hydrogens (primary N) is 1. The number of esters is 2. The number of hydrogen-bond donors (Lipinski definition) is 2. The van der Waals surface area contributed by atoms with Crippen LogP contribution < -0.4 is 11.1 Å². The van der Waals surface area contributed by atoms with E-state index in [1.807, 2.05) is 13.8 Å². The molecule has 0 radical (unpaired) electrons. The second-order valence-corrected chi connectivity index (χ2v) is 8.85. The highest BCUT2D eigenvalue weighted by atomic mass is 35.5. The van der Waals surface area contributed by atoms with E-state index in [1.165, 1.54) is 7.11 Å². The molecule has 34 heavy (non-hydrogen) atoms. The lowest BCUT2D eigenvalue weighted by Crippen LogP contribution is -2.35. The van der Waals surface area contributed by atoms with Crippen molar-refractivity contribution in [2.24, 2.45) is 11.7 Å². The molecule has 0 saturated carbocycles. The minimum Gasteiger partial charge on any atom is -0.466 e. The van der Waals surface area contributed by atoms with Gasteiger partial charge in [-0.2, -0.15) is 0 Å². The number of rotatable bonds is 12. The van der Waals surface area contributed by atoms with Crippen molar-refractivity contribution in [3.8, 4) is 0 Å². The van der Waals surface area contributed by atoms with E-state index in [4.69, 9.17) is 47.9 Å². The SMILES string of the molecule is COC(=O)C1=C(C)NC(COCCOCCN)=C(C(=O)OCC(C)C)[C@H]1c1cccc(Cl)c1Cl. The van der Waals surface area contributed by atoms with Crippen LogP contribution in [-0.2, 0) is 28.5 Å². The Balaban J connectivity index is 2.55. The van der Waals surface area contributed by atoms with Gasteiger partial charge in [-0.1, -0.05) is 49.2 Å². The summed E-state index contributed by atoms with van der Waals surface area (Å²) in [5.74, 6) is -1.94. The zero-order valence-corrected chi connectivity index (χ0v) is 21.4. The lowest BCUT2D eigenvalue weighted by Gasteiger charge is -2.32. The van der Waals surface area contributed by atoms with Gasteiger partial charge in [-0.3, -0.25) is 0 Å². The maximum Gasteiger partial charge on any atom is 0.336 e. The van der Waals surface area contributed by atoms with E-state index >= 15 is 0 Å². The number of benzene rings is 1. The van der Waals surface area contributed by atoms with E-state index < -0.39 is 17.9 Å². The van der Waals surface area contributed by atoms with Gasteiger partial charge in [0.05, 0.1) is 73.0 Å². The van der Waals surface area contributed by atoms with Crippen molar-refractivity contribution in [3.63, 3.8) is 0 Å². The van der Waals surface area contributed by atoms with Crippen molar-refractivity contribution < 1.29 is 28.5 Å². The van der Waals surface area contributed by atoms with Crippen LogP contribution in [0.1, 0.15) is 32.3 Å². The van der Waals surface area contributed by atoms with E-state index in [2.05, 4.69) is 5.32 Å². The molecule has 1 heterocycles. The number of methoxy groups -OCH3 is 1. The Kier molecular flexibility index (Phi) is 11.3. The predicted molar refractivity (Wildman–Crippen MR) is 131 cm³/mol. The van der Waals surface area contributed by atoms with E-state index in [1.54, 1.807) is 25.1 Å². The zero-order valence-electron chi connectivity index (χ0n) is 19.9. The number of halogens is 2. The molecule has 1 aromatic carbocycles. The van der Waals surface area contributed by atoms with Crippen LogP contribution in [0.5, 0.6) is 0 Å². The number of carbonyl (C=O) groups excluding carboxylic acids is 2. The van der Waals surface area contributed by atoms with Crippen LogP contribution in [0.3, 0.4) is 0 Å². The van der Waals surface area contributed by atoms with Crippen LogP contribution in [0.25, 0.3) is 0 Å². The Labute approximate surface area is 210 Å². The molecule has 0 fully saturated rings. The molecule has 1 atom stereocenters. The van der Waals surface area contributed by atoms with Crippen LogP contribution in [0, 0.1) is 5.92 Å². The van der Waals surface area contributed by atoms with Gasteiger partial charge in [0.2, 0.25) is 0 Å². The van der Waals surface area contributed by atoms with Gasteiger partial charge in [0.25, 0.3) is 0 Å². The summed E-state index contributed by atoms with van der Waals surface area (Å²) in [6.07, 6.45) is 0. The predicted octanol–water partition coefficient (Wildman–Crippen LogP) is 3.57. The maximum absolute atomic E-state index is 13.4. The first-order valence-electron chi connectivity index (χ1n) is 11.0. The summed E-state index contributed by atoms with van der Waals surface area (Å²) in [4.78, 5) is 26.2. The standard InChI is InChI=1S/C24H32Cl2N2O6/c1-14(2)12-34-24(30)21-18(13-33-11-10-32-9-8-27)28-15(3)19(23(29)31-4)20(21)16-6-5-7-17(25)22(16)26/h5-7,14,20,28H,8-13,27H2,1-4H3/t20-/m0/s1. The largest absolute Gasteiger partial charge is 0.466 e. The molecule has 0 aliphatic carbocycles. The molecular weight excluding hydrogens is 483 g/mol. The summed E-state index contributed by atoms with van der Waals surface area (Å²) in [6.45, 7) is 7.32. The molecule has 0 spiro atoms. The van der Waals surface area contributed by atoms with Crippen LogP contribution in [0.2, 0.25) is 10.0 Å². The third-order valence-electron chi connectivity index (χ3n) is 4.99. The van der Waals surface area contributed by atoms with Gasteiger partial charge in [-0.25, -0.2) is 9.59 Å². The summed E-state index contributed by atoms with van der Waals surface area (Å²) in [5, 5.41) is 3.66. The molecule has 0 unspecified atom stereocenters. The summed E-state index contributed by atoms with van der Waals surface area (Å²) >= 11 is 12.8. The lowest BCUT2D eigenvalue weighted by molar-refractivity contribution is -0.140. The molecule has 10 heteroatoms. The normalized spacial score (nSPS) is 16.1. The number of hydrogen-bond acceptors (Lipinski definition) is 8. The third-order valence-corrected chi connectivity index (χ3v) is 5.82. The number of ether oxygens (including phenoxy) is 4. The average molecular weight is 515 g/mol. The average Bonchev–Trinajstić information content (AvgIpc) is 2.80. The van der Waals surface area contributed by atoms with Gasteiger partial charge in [0.15, 0.2) is 0 Å². The Morgan fingerprint density at radius 1 is 1.09 bits per heavy atom. The molecule has 8 nitrogen and oxygen atoms in total. The van der Waals surface area contributed by atoms with Crippen LogP contribution in [0.4, 0.5) is 0 Å². The number of nitrogens with one attached hydrogen (secondary N) is 1. The Bertz CT molecular complexity index is 945. The van der Waals surface area contributed by atoms with Crippen LogP contribution in [-0.4, -0.2) is 58.6 Å². The quantitative estimate of drug-likeness (QED) is 0.321. The second-order valence-electron chi connectivity index (χ2n) is 8.07. The van der Waals surface area contributed by atoms with Crippen molar-refractivity contribution in [2.45, 2.75) is 26.7 Å². The second kappa shape index (κ2) is 13.7. The molecule has 0 bridgehead atoms. The van der Waals surface area contributed by atoms with Crippen LogP contribution in [0.15, 0.2) is 40.7 Å². The topological polar surface area (TPSA) is 109 Å². The fraction of sp³-hybridized carbons (Fsp3) is 0.500. The fourth-order valence-corrected chi connectivity index (χ4v) is 3.90. The van der Waals surface area contributed by atoms with Gasteiger partial charge in [0.1, 0.15) is 0 Å². The third kappa shape index (κ3) is 7.20. The van der Waals surface area contributed by atoms with Crippen molar-refractivity contribution in [1.29, 1.82) is 0 Å². The molecule has 2 rings (SSSR count). The van der Waals surface area contributed by atoms with Gasteiger partial charge in [0, 0.05) is 12.2 Å². The molecule has 1 aliphatic heterocycles. The summed E-state index contributed by atoms with van der Waals surface area (Å²) in [7, 11) is 1.28. The van der Waals surface area contributed by atoms with Crippen LogP contribution >= 0.6 is 23.2 Å². The lowest BCUT2D eigenvalue weighted by atomic mass is 9.80. The Morgan fingerprint density at radius 2 is 1.79 bits per heavy atom. The first-order valence-corrected chi connectivity index (χ1v) is 11.7. The molecule has 188 valence electrons. The van der Waals surface area contributed by atoms with Gasteiger partial charge < -0.3 is 30.0 Å². The van der Waals surface area contributed by atoms with Crippen molar-refractivity contribution in [1.82, 2.24) is 5.32 Å². The summed E-state index contributed by atoms with van der Waals surface area (Å²) in [6, 6.07) is 5.06. The van der Waals surface area contributed by atoms with E-state index in [-0.39, 0.29) is 41.9 Å². The highest BCUT2D eigenvalue weighted by molar-refractivity contribution is 6.42. The highest BCUT2D eigenvalue weighted by Gasteiger charge is 2.40.